The number of rotatable bonds is 9. The molecule has 3 aromatic rings. The first-order valence-corrected chi connectivity index (χ1v) is 15.1. The Morgan fingerprint density at radius 3 is 2.53 bits per heavy atom. The quantitative estimate of drug-likeness (QED) is 0.361. The maximum atomic E-state index is 14.1. The molecule has 2 saturated carbocycles. The van der Waals surface area contributed by atoms with Crippen molar-refractivity contribution in [3.63, 3.8) is 0 Å². The Bertz CT molecular complexity index is 1210. The van der Waals surface area contributed by atoms with Crippen molar-refractivity contribution in [3.8, 4) is 0 Å². The topological polar surface area (TPSA) is 65.8 Å². The largest absolute Gasteiger partial charge is 0.468 e. The Balaban J connectivity index is 1.25. The number of carbonyl (C=O) groups excluding carboxylic acids is 2. The molecule has 3 aliphatic rings. The Kier molecular flexibility index (Phi) is 7.65. The predicted molar refractivity (Wildman–Crippen MR) is 149 cm³/mol. The minimum absolute atomic E-state index is 0.00992. The zero-order valence-corrected chi connectivity index (χ0v) is 22.7. The van der Waals surface area contributed by atoms with E-state index in [0.717, 1.165) is 55.0 Å². The van der Waals surface area contributed by atoms with Crippen LogP contribution in [0, 0.1) is 0 Å². The highest BCUT2D eigenvalue weighted by atomic mass is 32.1. The molecule has 1 aromatic carbocycles. The Hall–Kier alpha value is -2.90. The number of nitrogens with zero attached hydrogens (tertiary/aromatic N) is 2. The van der Waals surface area contributed by atoms with Gasteiger partial charge in [-0.05, 0) is 60.9 Å². The van der Waals surface area contributed by atoms with Gasteiger partial charge in [-0.3, -0.25) is 14.5 Å². The van der Waals surface area contributed by atoms with E-state index in [0.29, 0.717) is 18.2 Å². The van der Waals surface area contributed by atoms with E-state index < -0.39 is 5.92 Å². The first-order valence-electron chi connectivity index (χ1n) is 14.2. The van der Waals surface area contributed by atoms with E-state index in [-0.39, 0.29) is 23.9 Å². The molecular weight excluding hydrogens is 494 g/mol. The van der Waals surface area contributed by atoms with Crippen molar-refractivity contribution in [2.24, 2.45) is 0 Å². The van der Waals surface area contributed by atoms with Crippen molar-refractivity contribution in [1.82, 2.24) is 15.1 Å². The van der Waals surface area contributed by atoms with Crippen molar-refractivity contribution < 1.29 is 14.0 Å². The van der Waals surface area contributed by atoms with Gasteiger partial charge >= 0.3 is 0 Å². The van der Waals surface area contributed by atoms with Crippen LogP contribution in [0.5, 0.6) is 0 Å². The molecule has 7 heteroatoms. The van der Waals surface area contributed by atoms with Crippen molar-refractivity contribution in [1.29, 1.82) is 0 Å². The summed E-state index contributed by atoms with van der Waals surface area (Å²) in [4.78, 5) is 33.5. The van der Waals surface area contributed by atoms with Gasteiger partial charge in [-0.25, -0.2) is 0 Å². The smallest absolute Gasteiger partial charge is 0.254 e. The van der Waals surface area contributed by atoms with E-state index in [1.165, 1.54) is 25.7 Å². The molecular formula is C31H37N3O3S. The van der Waals surface area contributed by atoms with Crippen molar-refractivity contribution in [2.45, 2.75) is 82.0 Å². The van der Waals surface area contributed by atoms with E-state index in [9.17, 15) is 9.59 Å². The van der Waals surface area contributed by atoms with E-state index in [1.807, 2.05) is 42.5 Å². The summed E-state index contributed by atoms with van der Waals surface area (Å²) in [5.41, 5.74) is 1.53. The van der Waals surface area contributed by atoms with Crippen LogP contribution in [-0.4, -0.2) is 46.8 Å². The number of fused-ring (bicyclic) bond motifs is 1. The summed E-state index contributed by atoms with van der Waals surface area (Å²) >= 11 is 1.64. The van der Waals surface area contributed by atoms with Gasteiger partial charge in [-0.15, -0.1) is 11.3 Å². The minimum atomic E-state index is -0.423. The SMILES string of the molecule is O=C(NCCN(Cc1ccco1)C1CCCC1)[C@H]1c2ccccc2C(=O)N(C2CCCC2)[C@H]1c1cccs1. The van der Waals surface area contributed by atoms with Gasteiger partial charge in [0, 0.05) is 35.6 Å². The second-order valence-corrected chi connectivity index (χ2v) is 11.9. The Morgan fingerprint density at radius 2 is 1.79 bits per heavy atom. The molecule has 1 aliphatic heterocycles. The van der Waals surface area contributed by atoms with E-state index in [2.05, 4.69) is 26.6 Å². The predicted octanol–water partition coefficient (Wildman–Crippen LogP) is 6.13. The van der Waals surface area contributed by atoms with Gasteiger partial charge in [0.2, 0.25) is 5.91 Å². The number of furan rings is 1. The summed E-state index contributed by atoms with van der Waals surface area (Å²) in [6.45, 7) is 2.12. The zero-order valence-electron chi connectivity index (χ0n) is 21.9. The van der Waals surface area contributed by atoms with Crippen LogP contribution in [-0.2, 0) is 11.3 Å². The van der Waals surface area contributed by atoms with Crippen molar-refractivity contribution in [3.05, 3.63) is 81.9 Å². The first kappa shape index (κ1) is 25.4. The number of hydrogen-bond donors (Lipinski definition) is 1. The average Bonchev–Trinajstić information content (AvgIpc) is 3.76. The molecule has 2 atom stereocenters. The maximum absolute atomic E-state index is 14.1. The summed E-state index contributed by atoms with van der Waals surface area (Å²) in [6, 6.07) is 16.3. The van der Waals surface area contributed by atoms with Crippen LogP contribution in [0.2, 0.25) is 0 Å². The molecule has 0 unspecified atom stereocenters. The molecule has 0 radical (unpaired) electrons. The number of benzene rings is 1. The summed E-state index contributed by atoms with van der Waals surface area (Å²) in [5, 5.41) is 5.35. The third kappa shape index (κ3) is 5.06. The summed E-state index contributed by atoms with van der Waals surface area (Å²) in [6.07, 6.45) is 10.9. The number of hydrogen-bond acceptors (Lipinski definition) is 5. The normalized spacial score (nSPS) is 22.3. The van der Waals surface area contributed by atoms with Crippen LogP contribution in [0.25, 0.3) is 0 Å². The summed E-state index contributed by atoms with van der Waals surface area (Å²) in [7, 11) is 0. The third-order valence-electron chi connectivity index (χ3n) is 8.69. The molecule has 0 spiro atoms. The van der Waals surface area contributed by atoms with Gasteiger partial charge in [0.25, 0.3) is 5.91 Å². The van der Waals surface area contributed by atoms with Crippen molar-refractivity contribution >= 4 is 23.2 Å². The van der Waals surface area contributed by atoms with Gasteiger partial charge in [0.05, 0.1) is 24.8 Å². The molecule has 2 fully saturated rings. The molecule has 0 saturated heterocycles. The second kappa shape index (κ2) is 11.5. The maximum Gasteiger partial charge on any atom is 0.254 e. The number of thiophene rings is 1. The minimum Gasteiger partial charge on any atom is -0.468 e. The molecule has 2 aliphatic carbocycles. The molecule has 0 bridgehead atoms. The summed E-state index contributed by atoms with van der Waals surface area (Å²) in [5.74, 6) is 0.623. The lowest BCUT2D eigenvalue weighted by atomic mass is 9.80. The second-order valence-electron chi connectivity index (χ2n) is 11.0. The number of carbonyl (C=O) groups is 2. The Labute approximate surface area is 229 Å². The highest BCUT2D eigenvalue weighted by Gasteiger charge is 2.47. The van der Waals surface area contributed by atoms with Gasteiger partial charge in [0.1, 0.15) is 5.76 Å². The van der Waals surface area contributed by atoms with Gasteiger partial charge in [0.15, 0.2) is 0 Å². The lowest BCUT2D eigenvalue weighted by Gasteiger charge is -2.44. The van der Waals surface area contributed by atoms with Crippen LogP contribution >= 0.6 is 11.3 Å². The molecule has 6 rings (SSSR count). The Morgan fingerprint density at radius 1 is 1.00 bits per heavy atom. The third-order valence-corrected chi connectivity index (χ3v) is 9.63. The van der Waals surface area contributed by atoms with Crippen molar-refractivity contribution in [2.75, 3.05) is 13.1 Å². The van der Waals surface area contributed by atoms with Crippen LogP contribution in [0.1, 0.15) is 89.9 Å². The highest BCUT2D eigenvalue weighted by molar-refractivity contribution is 7.10. The fourth-order valence-corrected chi connectivity index (χ4v) is 7.74. The zero-order chi connectivity index (χ0) is 25.9. The fraction of sp³-hybridized carbons (Fsp3) is 0.484. The molecule has 1 N–H and O–H groups in total. The molecule has 200 valence electrons. The molecule has 38 heavy (non-hydrogen) atoms. The first-order chi connectivity index (χ1) is 18.7. The summed E-state index contributed by atoms with van der Waals surface area (Å²) < 4.78 is 5.65. The van der Waals surface area contributed by atoms with E-state index >= 15 is 0 Å². The van der Waals surface area contributed by atoms with Crippen LogP contribution in [0.15, 0.2) is 64.6 Å². The van der Waals surface area contributed by atoms with Gasteiger partial charge in [-0.2, -0.15) is 0 Å². The van der Waals surface area contributed by atoms with Crippen LogP contribution in [0.3, 0.4) is 0 Å². The number of nitrogens with one attached hydrogen (secondary N) is 1. The van der Waals surface area contributed by atoms with Gasteiger partial charge in [-0.1, -0.05) is 49.9 Å². The molecule has 2 aromatic heterocycles. The lowest BCUT2D eigenvalue weighted by molar-refractivity contribution is -0.124. The number of amides is 2. The van der Waals surface area contributed by atoms with E-state index in [1.54, 1.807) is 17.6 Å². The average molecular weight is 532 g/mol. The standard InChI is InChI=1S/C31H37N3O3S/c35-30(32-17-18-33(22-9-1-2-10-22)21-24-13-7-19-37-24)28-25-14-5-6-15-26(25)31(36)34(23-11-3-4-12-23)29(28)27-16-8-20-38-27/h5-8,13-16,19-20,22-23,28-29H,1-4,9-12,17-18,21H2,(H,32,35)/t28-,29-/m0/s1. The fourth-order valence-electron chi connectivity index (χ4n) is 6.88. The van der Waals surface area contributed by atoms with E-state index in [4.69, 9.17) is 4.42 Å². The molecule has 2 amide bonds. The van der Waals surface area contributed by atoms with Crippen LogP contribution in [0.4, 0.5) is 0 Å². The van der Waals surface area contributed by atoms with Gasteiger partial charge < -0.3 is 14.6 Å². The lowest BCUT2D eigenvalue weighted by Crippen LogP contribution is -2.51. The molecule has 6 nitrogen and oxygen atoms in total. The molecule has 3 heterocycles. The highest BCUT2D eigenvalue weighted by Crippen LogP contribution is 2.47. The monoisotopic (exact) mass is 531 g/mol. The van der Waals surface area contributed by atoms with Crippen LogP contribution < -0.4 is 5.32 Å².